The zero-order chi connectivity index (χ0) is 19.7. The van der Waals surface area contributed by atoms with E-state index in [9.17, 15) is 9.59 Å². The zero-order valence-electron chi connectivity index (χ0n) is 16.4. The SMILES string of the molecule is CNC(CCC(=O)C(N)CCC(N)=O)C(C)COc1c(C)cccc1C. The summed E-state index contributed by atoms with van der Waals surface area (Å²) < 4.78 is 6.03. The van der Waals surface area contributed by atoms with E-state index in [-0.39, 0.29) is 24.2 Å². The third-order valence-corrected chi connectivity index (χ3v) is 4.77. The van der Waals surface area contributed by atoms with E-state index in [0.29, 0.717) is 25.9 Å². The predicted octanol–water partition coefficient (Wildman–Crippen LogP) is 1.85. The molecule has 0 spiro atoms. The minimum absolute atomic E-state index is 0.0330. The van der Waals surface area contributed by atoms with Crippen LogP contribution in [0.15, 0.2) is 18.2 Å². The number of nitrogens with one attached hydrogen (secondary N) is 1. The maximum atomic E-state index is 12.1. The number of hydrogen-bond donors (Lipinski definition) is 3. The smallest absolute Gasteiger partial charge is 0.217 e. The number of ether oxygens (including phenoxy) is 1. The molecule has 5 N–H and O–H groups in total. The van der Waals surface area contributed by atoms with Crippen molar-refractivity contribution in [2.75, 3.05) is 13.7 Å². The molecule has 3 unspecified atom stereocenters. The third kappa shape index (κ3) is 7.14. The lowest BCUT2D eigenvalue weighted by Crippen LogP contribution is -2.38. The fourth-order valence-corrected chi connectivity index (χ4v) is 3.01. The van der Waals surface area contributed by atoms with Gasteiger partial charge in [0, 0.05) is 24.8 Å². The largest absolute Gasteiger partial charge is 0.493 e. The van der Waals surface area contributed by atoms with Gasteiger partial charge in [-0.05, 0) is 44.9 Å². The van der Waals surface area contributed by atoms with Crippen molar-refractivity contribution in [1.29, 1.82) is 0 Å². The number of hydrogen-bond acceptors (Lipinski definition) is 5. The number of carbonyl (C=O) groups is 2. The van der Waals surface area contributed by atoms with Crippen LogP contribution in [0, 0.1) is 19.8 Å². The monoisotopic (exact) mass is 363 g/mol. The van der Waals surface area contributed by atoms with Gasteiger partial charge >= 0.3 is 0 Å². The molecule has 0 aliphatic rings. The van der Waals surface area contributed by atoms with Gasteiger partial charge in [-0.3, -0.25) is 9.59 Å². The molecule has 0 saturated carbocycles. The molecule has 1 amide bonds. The molecule has 0 aliphatic heterocycles. The van der Waals surface area contributed by atoms with Gasteiger partial charge < -0.3 is 21.5 Å². The van der Waals surface area contributed by atoms with Crippen molar-refractivity contribution in [3.63, 3.8) is 0 Å². The van der Waals surface area contributed by atoms with Crippen molar-refractivity contribution in [2.45, 2.75) is 58.5 Å². The van der Waals surface area contributed by atoms with Crippen LogP contribution in [0.3, 0.4) is 0 Å². The number of nitrogens with two attached hydrogens (primary N) is 2. The van der Waals surface area contributed by atoms with Gasteiger partial charge in [0.05, 0.1) is 12.6 Å². The summed E-state index contributed by atoms with van der Waals surface area (Å²) in [6, 6.07) is 5.61. The van der Waals surface area contributed by atoms with Crippen LogP contribution in [0.4, 0.5) is 0 Å². The zero-order valence-corrected chi connectivity index (χ0v) is 16.4. The summed E-state index contributed by atoms with van der Waals surface area (Å²) in [5, 5.41) is 3.26. The van der Waals surface area contributed by atoms with Gasteiger partial charge in [0.1, 0.15) is 11.5 Å². The number of carbonyl (C=O) groups excluding carboxylic acids is 2. The van der Waals surface area contributed by atoms with Crippen LogP contribution in [-0.2, 0) is 9.59 Å². The number of Topliss-reactive ketones (excluding diaryl/α,β-unsaturated/α-hetero) is 1. The van der Waals surface area contributed by atoms with Gasteiger partial charge in [-0.1, -0.05) is 25.1 Å². The Hall–Kier alpha value is -1.92. The summed E-state index contributed by atoms with van der Waals surface area (Å²) in [5.41, 5.74) is 13.2. The lowest BCUT2D eigenvalue weighted by molar-refractivity contribution is -0.121. The number of primary amides is 1. The number of aryl methyl sites for hydroxylation is 2. The van der Waals surface area contributed by atoms with E-state index in [1.807, 2.05) is 39.1 Å². The van der Waals surface area contributed by atoms with Crippen molar-refractivity contribution < 1.29 is 14.3 Å². The molecule has 0 bridgehead atoms. The number of benzene rings is 1. The van der Waals surface area contributed by atoms with Gasteiger partial charge in [0.15, 0.2) is 0 Å². The van der Waals surface area contributed by atoms with Crippen LogP contribution < -0.4 is 21.5 Å². The Bertz CT molecular complexity index is 584. The molecule has 0 aromatic heterocycles. The summed E-state index contributed by atoms with van der Waals surface area (Å²) in [7, 11) is 1.89. The van der Waals surface area contributed by atoms with Crippen molar-refractivity contribution in [2.24, 2.45) is 17.4 Å². The molecule has 146 valence electrons. The Morgan fingerprint density at radius 2 is 1.77 bits per heavy atom. The molecular weight excluding hydrogens is 330 g/mol. The van der Waals surface area contributed by atoms with E-state index >= 15 is 0 Å². The van der Waals surface area contributed by atoms with Crippen molar-refractivity contribution >= 4 is 11.7 Å². The van der Waals surface area contributed by atoms with Crippen molar-refractivity contribution in [3.05, 3.63) is 29.3 Å². The molecule has 26 heavy (non-hydrogen) atoms. The standard InChI is InChI=1S/C20H33N3O3/c1-13-6-5-7-14(2)20(13)26-12-15(3)17(23-4)9-10-18(24)16(21)8-11-19(22)25/h5-7,15-17,23H,8-12,21H2,1-4H3,(H2,22,25). The van der Waals surface area contributed by atoms with Crippen molar-refractivity contribution in [1.82, 2.24) is 5.32 Å². The Morgan fingerprint density at radius 3 is 2.31 bits per heavy atom. The van der Waals surface area contributed by atoms with Crippen LogP contribution in [0.25, 0.3) is 0 Å². The van der Waals surface area contributed by atoms with E-state index in [1.165, 1.54) is 0 Å². The Morgan fingerprint density at radius 1 is 1.15 bits per heavy atom. The molecule has 6 heteroatoms. The Kier molecular flexibility index (Phi) is 9.30. The fourth-order valence-electron chi connectivity index (χ4n) is 3.01. The summed E-state index contributed by atoms with van der Waals surface area (Å²) in [5.74, 6) is 0.695. The normalized spacial score (nSPS) is 14.5. The van der Waals surface area contributed by atoms with Crippen LogP contribution in [0.5, 0.6) is 5.75 Å². The molecule has 1 rings (SSSR count). The van der Waals surface area contributed by atoms with E-state index in [4.69, 9.17) is 16.2 Å². The molecule has 0 saturated heterocycles. The van der Waals surface area contributed by atoms with E-state index < -0.39 is 11.9 Å². The van der Waals surface area contributed by atoms with Crippen LogP contribution in [0.2, 0.25) is 0 Å². The van der Waals surface area contributed by atoms with Crippen molar-refractivity contribution in [3.8, 4) is 5.75 Å². The first-order valence-electron chi connectivity index (χ1n) is 9.19. The number of ketones is 1. The van der Waals surface area contributed by atoms with Gasteiger partial charge in [-0.2, -0.15) is 0 Å². The Labute approximate surface area is 156 Å². The van der Waals surface area contributed by atoms with E-state index in [0.717, 1.165) is 16.9 Å². The van der Waals surface area contributed by atoms with Crippen LogP contribution >= 0.6 is 0 Å². The van der Waals surface area contributed by atoms with Gasteiger partial charge in [-0.15, -0.1) is 0 Å². The average molecular weight is 364 g/mol. The second kappa shape index (κ2) is 10.9. The maximum absolute atomic E-state index is 12.1. The third-order valence-electron chi connectivity index (χ3n) is 4.77. The van der Waals surface area contributed by atoms with Crippen LogP contribution in [0.1, 0.15) is 43.7 Å². The molecule has 1 aromatic rings. The summed E-state index contributed by atoms with van der Waals surface area (Å²) in [6.45, 7) is 6.74. The molecular formula is C20H33N3O3. The van der Waals surface area contributed by atoms with E-state index in [2.05, 4.69) is 12.2 Å². The highest BCUT2D eigenvalue weighted by Crippen LogP contribution is 2.23. The van der Waals surface area contributed by atoms with E-state index in [1.54, 1.807) is 0 Å². The minimum atomic E-state index is -0.624. The highest BCUT2D eigenvalue weighted by molar-refractivity contribution is 5.84. The first-order valence-corrected chi connectivity index (χ1v) is 9.19. The molecule has 0 aliphatic carbocycles. The predicted molar refractivity (Wildman–Crippen MR) is 104 cm³/mol. The maximum Gasteiger partial charge on any atom is 0.217 e. The average Bonchev–Trinajstić information content (AvgIpc) is 2.59. The lowest BCUT2D eigenvalue weighted by atomic mass is 9.94. The first kappa shape index (κ1) is 22.1. The number of rotatable bonds is 12. The van der Waals surface area contributed by atoms with Gasteiger partial charge in [0.2, 0.25) is 5.91 Å². The number of amides is 1. The second-order valence-corrected chi connectivity index (χ2v) is 7.02. The highest BCUT2D eigenvalue weighted by atomic mass is 16.5. The second-order valence-electron chi connectivity index (χ2n) is 7.02. The fraction of sp³-hybridized carbons (Fsp3) is 0.600. The molecule has 0 radical (unpaired) electrons. The quantitative estimate of drug-likeness (QED) is 0.525. The topological polar surface area (TPSA) is 107 Å². The highest BCUT2D eigenvalue weighted by Gasteiger charge is 2.21. The lowest BCUT2D eigenvalue weighted by Gasteiger charge is -2.25. The number of para-hydroxylation sites is 1. The van der Waals surface area contributed by atoms with Crippen LogP contribution in [-0.4, -0.2) is 37.4 Å². The first-order chi connectivity index (χ1) is 12.3. The summed E-state index contributed by atoms with van der Waals surface area (Å²) in [4.78, 5) is 22.9. The molecule has 1 aromatic carbocycles. The molecule has 3 atom stereocenters. The van der Waals surface area contributed by atoms with Gasteiger partial charge in [-0.25, -0.2) is 0 Å². The van der Waals surface area contributed by atoms with Gasteiger partial charge in [0.25, 0.3) is 0 Å². The minimum Gasteiger partial charge on any atom is -0.493 e. The summed E-state index contributed by atoms with van der Waals surface area (Å²) >= 11 is 0. The molecule has 0 heterocycles. The molecule has 6 nitrogen and oxygen atoms in total. The summed E-state index contributed by atoms with van der Waals surface area (Å²) in [6.07, 6.45) is 1.50. The molecule has 0 fully saturated rings. The Balaban J connectivity index is 2.49.